The number of anilines is 1. The molecule has 9 heteroatoms. The normalized spacial score (nSPS) is 15.9. The van der Waals surface area contributed by atoms with E-state index in [2.05, 4.69) is 34.4 Å². The predicted molar refractivity (Wildman–Crippen MR) is 124 cm³/mol. The molecular weight excluding hydrogens is 422 g/mol. The maximum Gasteiger partial charge on any atom is 0.325 e. The van der Waals surface area contributed by atoms with Gasteiger partial charge in [0.15, 0.2) is 0 Å². The zero-order chi connectivity index (χ0) is 23.5. The Morgan fingerprint density at radius 2 is 1.94 bits per heavy atom. The zero-order valence-corrected chi connectivity index (χ0v) is 18.8. The highest BCUT2D eigenvalue weighted by atomic mass is 16.5. The molecule has 9 nitrogen and oxygen atoms in total. The van der Waals surface area contributed by atoms with Gasteiger partial charge in [0.25, 0.3) is 5.91 Å². The van der Waals surface area contributed by atoms with Crippen LogP contribution in [-0.4, -0.2) is 45.9 Å². The summed E-state index contributed by atoms with van der Waals surface area (Å²) >= 11 is 0. The van der Waals surface area contributed by atoms with Crippen molar-refractivity contribution in [1.82, 2.24) is 20.2 Å². The molecule has 0 spiro atoms. The zero-order valence-electron chi connectivity index (χ0n) is 18.8. The minimum atomic E-state index is -0.899. The second-order valence-electron chi connectivity index (χ2n) is 8.54. The van der Waals surface area contributed by atoms with E-state index in [4.69, 9.17) is 4.74 Å². The monoisotopic (exact) mass is 449 g/mol. The molecule has 3 N–H and O–H groups in total. The van der Waals surface area contributed by atoms with Crippen LogP contribution in [0, 0.1) is 5.92 Å². The number of hydrogen-bond acceptors (Lipinski definition) is 5. The van der Waals surface area contributed by atoms with Crippen molar-refractivity contribution >= 4 is 34.6 Å². The minimum absolute atomic E-state index is 0.127. The van der Waals surface area contributed by atoms with E-state index in [1.54, 1.807) is 37.4 Å². The predicted octanol–water partition coefficient (Wildman–Crippen LogP) is 3.22. The van der Waals surface area contributed by atoms with E-state index in [-0.39, 0.29) is 18.9 Å². The number of benzene rings is 2. The summed E-state index contributed by atoms with van der Waals surface area (Å²) in [5, 5.41) is 5.40. The van der Waals surface area contributed by atoms with Crippen LogP contribution in [0.2, 0.25) is 0 Å². The van der Waals surface area contributed by atoms with Crippen LogP contribution in [0.1, 0.15) is 31.7 Å². The topological polar surface area (TPSA) is 116 Å². The molecule has 1 fully saturated rings. The molecule has 2 aromatic carbocycles. The van der Waals surface area contributed by atoms with Crippen LogP contribution in [-0.2, 0) is 22.6 Å². The van der Waals surface area contributed by atoms with Gasteiger partial charge in [-0.1, -0.05) is 26.0 Å². The Hall–Kier alpha value is -3.88. The van der Waals surface area contributed by atoms with Gasteiger partial charge in [0, 0.05) is 12.1 Å². The molecule has 1 saturated heterocycles. The number of urea groups is 1. The molecule has 4 amide bonds. The van der Waals surface area contributed by atoms with Gasteiger partial charge in [-0.25, -0.2) is 9.78 Å². The summed E-state index contributed by atoms with van der Waals surface area (Å²) in [4.78, 5) is 46.6. The van der Waals surface area contributed by atoms with Crippen molar-refractivity contribution in [2.75, 3.05) is 12.4 Å². The second kappa shape index (κ2) is 9.32. The van der Waals surface area contributed by atoms with E-state index in [1.165, 1.54) is 0 Å². The fraction of sp³-hybridized carbons (Fsp3) is 0.333. The third-order valence-corrected chi connectivity index (χ3v) is 5.41. The van der Waals surface area contributed by atoms with E-state index >= 15 is 0 Å². The third kappa shape index (κ3) is 5.14. The number of carbonyl (C=O) groups is 3. The molecule has 33 heavy (non-hydrogen) atoms. The number of ether oxygens (including phenoxy) is 1. The fourth-order valence-corrected chi connectivity index (χ4v) is 3.80. The van der Waals surface area contributed by atoms with Gasteiger partial charge in [-0.15, -0.1) is 0 Å². The lowest BCUT2D eigenvalue weighted by atomic mass is 10.1. The molecule has 0 radical (unpaired) electrons. The van der Waals surface area contributed by atoms with E-state index in [0.717, 1.165) is 33.7 Å². The van der Waals surface area contributed by atoms with E-state index in [0.29, 0.717) is 17.4 Å². The van der Waals surface area contributed by atoms with Gasteiger partial charge in [0.05, 0.1) is 31.1 Å². The number of methoxy groups -OCH3 is 1. The Morgan fingerprint density at radius 3 is 2.64 bits per heavy atom. The number of amides is 4. The quantitative estimate of drug-likeness (QED) is 0.457. The Bertz CT molecular complexity index is 1190. The molecule has 0 bridgehead atoms. The molecule has 1 atom stereocenters. The summed E-state index contributed by atoms with van der Waals surface area (Å²) in [6.45, 7) is 4.38. The van der Waals surface area contributed by atoms with Gasteiger partial charge in [-0.2, -0.15) is 0 Å². The van der Waals surface area contributed by atoms with Gasteiger partial charge < -0.3 is 20.4 Å². The van der Waals surface area contributed by atoms with Crippen molar-refractivity contribution in [3.63, 3.8) is 0 Å². The molecule has 0 saturated carbocycles. The number of aromatic amines is 1. The number of imide groups is 1. The van der Waals surface area contributed by atoms with Gasteiger partial charge in [0.2, 0.25) is 5.91 Å². The number of fused-ring (bicyclic) bond motifs is 1. The van der Waals surface area contributed by atoms with Crippen LogP contribution in [0.5, 0.6) is 5.75 Å². The van der Waals surface area contributed by atoms with Crippen LogP contribution in [0.3, 0.4) is 0 Å². The van der Waals surface area contributed by atoms with Gasteiger partial charge >= 0.3 is 6.03 Å². The Labute approximate surface area is 191 Å². The lowest BCUT2D eigenvalue weighted by Crippen LogP contribution is -2.34. The van der Waals surface area contributed by atoms with Crippen LogP contribution in [0.4, 0.5) is 10.5 Å². The highest BCUT2D eigenvalue weighted by Gasteiger charge is 2.39. The van der Waals surface area contributed by atoms with Gasteiger partial charge in [0.1, 0.15) is 17.6 Å². The van der Waals surface area contributed by atoms with Gasteiger partial charge in [-0.3, -0.25) is 14.5 Å². The number of imidazole rings is 1. The maximum absolute atomic E-state index is 12.7. The van der Waals surface area contributed by atoms with E-state index in [9.17, 15) is 14.4 Å². The summed E-state index contributed by atoms with van der Waals surface area (Å²) in [6, 6.07) is 11.1. The van der Waals surface area contributed by atoms with Crippen molar-refractivity contribution in [3.8, 4) is 5.75 Å². The van der Waals surface area contributed by atoms with Crippen LogP contribution in [0.15, 0.2) is 42.5 Å². The first-order chi connectivity index (χ1) is 15.8. The first-order valence-corrected chi connectivity index (χ1v) is 10.9. The Balaban J connectivity index is 1.37. The first kappa shape index (κ1) is 22.3. The second-order valence-corrected chi connectivity index (χ2v) is 8.54. The molecule has 172 valence electrons. The number of H-pyrrole nitrogens is 1. The molecular formula is C24H27N5O4. The highest BCUT2D eigenvalue weighted by Crippen LogP contribution is 2.20. The van der Waals surface area contributed by atoms with Crippen molar-refractivity contribution in [2.45, 2.75) is 39.3 Å². The minimum Gasteiger partial charge on any atom is -0.497 e. The van der Waals surface area contributed by atoms with Crippen molar-refractivity contribution in [1.29, 1.82) is 0 Å². The summed E-state index contributed by atoms with van der Waals surface area (Å²) in [5.74, 6) is 1.29. The smallest absolute Gasteiger partial charge is 0.325 e. The molecule has 2 heterocycles. The number of nitrogens with one attached hydrogen (secondary N) is 3. The lowest BCUT2D eigenvalue weighted by molar-refractivity contribution is -0.130. The van der Waals surface area contributed by atoms with Gasteiger partial charge in [-0.05, 0) is 41.8 Å². The van der Waals surface area contributed by atoms with Crippen LogP contribution >= 0.6 is 0 Å². The first-order valence-electron chi connectivity index (χ1n) is 10.9. The average Bonchev–Trinajstić information content (AvgIpc) is 3.28. The molecule has 0 aliphatic carbocycles. The van der Waals surface area contributed by atoms with E-state index in [1.807, 2.05) is 12.1 Å². The molecule has 1 aliphatic rings. The molecule has 0 unspecified atom stereocenters. The fourth-order valence-electron chi connectivity index (χ4n) is 3.80. The van der Waals surface area contributed by atoms with Crippen molar-refractivity contribution < 1.29 is 19.1 Å². The third-order valence-electron chi connectivity index (χ3n) is 5.41. The van der Waals surface area contributed by atoms with Crippen LogP contribution < -0.4 is 15.4 Å². The Kier molecular flexibility index (Phi) is 6.30. The summed E-state index contributed by atoms with van der Waals surface area (Å²) < 4.78 is 5.12. The number of aromatic nitrogens is 2. The van der Waals surface area contributed by atoms with Crippen LogP contribution in [0.25, 0.3) is 11.0 Å². The van der Waals surface area contributed by atoms with E-state index < -0.39 is 18.0 Å². The molecule has 4 rings (SSSR count). The largest absolute Gasteiger partial charge is 0.497 e. The number of hydrogen-bond donors (Lipinski definition) is 3. The average molecular weight is 450 g/mol. The summed E-state index contributed by atoms with van der Waals surface area (Å²) in [5.41, 5.74) is 3.05. The van der Waals surface area contributed by atoms with Crippen molar-refractivity contribution in [3.05, 3.63) is 53.9 Å². The molecule has 3 aromatic rings. The Morgan fingerprint density at radius 1 is 1.18 bits per heavy atom. The standard InChI is InChI=1S/C24H27N5O4/c1-14(2)10-21-26-18-9-6-16(11-19(18)27-21)25-22(30)12-20-23(31)29(24(32)28-20)13-15-4-7-17(33-3)8-5-15/h4-9,11,14,20H,10,12-13H2,1-3H3,(H,25,30)(H,26,27)(H,28,32)/t20-/m0/s1. The molecule has 1 aromatic heterocycles. The SMILES string of the molecule is COc1ccc(CN2C(=O)N[C@@H](CC(=O)Nc3ccc4nc(CC(C)C)[nH]c4c3)C2=O)cc1. The lowest BCUT2D eigenvalue weighted by Gasteiger charge is -2.13. The number of nitrogens with zero attached hydrogens (tertiary/aromatic N) is 2. The summed E-state index contributed by atoms with van der Waals surface area (Å²) in [6.07, 6.45) is 0.691. The van der Waals surface area contributed by atoms with Crippen molar-refractivity contribution in [2.24, 2.45) is 5.92 Å². The maximum atomic E-state index is 12.7. The summed E-state index contributed by atoms with van der Waals surface area (Å²) in [7, 11) is 1.57. The number of carbonyl (C=O) groups excluding carboxylic acids is 3. The number of rotatable bonds is 8. The molecule has 1 aliphatic heterocycles. The highest BCUT2D eigenvalue weighted by molar-refractivity contribution is 6.07.